The molecule has 0 fully saturated rings. The van der Waals surface area contributed by atoms with Crippen LogP contribution in [0.3, 0.4) is 0 Å². The van der Waals surface area contributed by atoms with Crippen LogP contribution in [0.1, 0.15) is 0 Å². The molecule has 0 aliphatic carbocycles. The Balaban J connectivity index is 4.67. The van der Waals surface area contributed by atoms with Crippen molar-refractivity contribution in [2.75, 3.05) is 26.2 Å². The van der Waals surface area contributed by atoms with Crippen LogP contribution in [0.2, 0.25) is 0 Å². The Morgan fingerprint density at radius 3 is 1.64 bits per heavy atom. The van der Waals surface area contributed by atoms with Crippen LogP contribution in [0.15, 0.2) is 44.0 Å². The maximum atomic E-state index is 6.89. The van der Waals surface area contributed by atoms with Gasteiger partial charge in [0.05, 0.1) is 19.6 Å². The summed E-state index contributed by atoms with van der Waals surface area (Å²) in [6.07, 6.45) is 7.41. The smallest absolute Gasteiger partial charge is 0.107 e. The van der Waals surface area contributed by atoms with Crippen LogP contribution in [0.4, 0.5) is 0 Å². The van der Waals surface area contributed by atoms with E-state index in [1.165, 1.54) is 0 Å². The summed E-state index contributed by atoms with van der Waals surface area (Å²) in [5.41, 5.74) is 0. The molecule has 0 aromatic rings. The van der Waals surface area contributed by atoms with Gasteiger partial charge in [-0.25, -0.2) is 0 Å². The first-order valence-electron chi connectivity index (χ1n) is 4.66. The zero-order chi connectivity index (χ0) is 10.9. The van der Waals surface area contributed by atoms with Gasteiger partial charge in [0.15, 0.2) is 0 Å². The van der Waals surface area contributed by atoms with E-state index < -0.39 is 0 Å². The minimum absolute atomic E-state index is 0.771. The van der Waals surface area contributed by atoms with E-state index in [0.717, 1.165) is 30.7 Å². The molecule has 0 aromatic heterocycles. The van der Waals surface area contributed by atoms with E-state index in [1.54, 1.807) is 6.08 Å². The highest BCUT2D eigenvalue weighted by molar-refractivity contribution is 5.47. The van der Waals surface area contributed by atoms with Gasteiger partial charge < -0.3 is 4.48 Å². The third kappa shape index (κ3) is 4.04. The second-order valence-electron chi connectivity index (χ2n) is 3.29. The molecule has 0 saturated carbocycles. The van der Waals surface area contributed by atoms with Crippen molar-refractivity contribution < 1.29 is 4.48 Å². The van der Waals surface area contributed by atoms with E-state index in [1.807, 2.05) is 18.2 Å². The molecular formula is C12H19N2+. The Morgan fingerprint density at radius 2 is 1.36 bits per heavy atom. The van der Waals surface area contributed by atoms with Crippen molar-refractivity contribution in [1.82, 2.24) is 0 Å². The normalized spacial score (nSPS) is 10.0. The molecule has 2 heteroatoms. The molecule has 0 unspecified atom stereocenters. The lowest BCUT2D eigenvalue weighted by molar-refractivity contribution is -0.906. The molecule has 0 atom stereocenters. The number of rotatable bonds is 8. The van der Waals surface area contributed by atoms with E-state index in [-0.39, 0.29) is 0 Å². The van der Waals surface area contributed by atoms with Crippen LogP contribution >= 0.6 is 0 Å². The van der Waals surface area contributed by atoms with E-state index in [4.69, 9.17) is 5.41 Å². The molecule has 0 heterocycles. The van der Waals surface area contributed by atoms with E-state index in [2.05, 4.69) is 25.6 Å². The largest absolute Gasteiger partial charge is 0.310 e. The van der Waals surface area contributed by atoms with Crippen LogP contribution in [-0.2, 0) is 0 Å². The molecule has 0 aromatic carbocycles. The molecule has 76 valence electrons. The molecule has 0 aliphatic rings. The summed E-state index contributed by atoms with van der Waals surface area (Å²) in [4.78, 5) is 0. The monoisotopic (exact) mass is 191 g/mol. The molecule has 14 heavy (non-hydrogen) atoms. The standard InChI is InChI=1S/C12H19N2/c1-4-9-14(10-5-2,11-6-3)12-7-8-13/h4-7,13H,1-3,9-12H2/q+1. The first-order chi connectivity index (χ1) is 6.74. The highest BCUT2D eigenvalue weighted by Crippen LogP contribution is 2.07. The fraction of sp³-hybridized carbons (Fsp3) is 0.333. The minimum atomic E-state index is 0.771. The zero-order valence-corrected chi connectivity index (χ0v) is 8.71. The second kappa shape index (κ2) is 7.07. The summed E-state index contributed by atoms with van der Waals surface area (Å²) in [6, 6.07) is 0. The molecule has 0 spiro atoms. The Hall–Kier alpha value is -1.37. The zero-order valence-electron chi connectivity index (χ0n) is 8.71. The maximum Gasteiger partial charge on any atom is 0.107 e. The Morgan fingerprint density at radius 1 is 0.929 bits per heavy atom. The number of nitrogens with zero attached hydrogens (tertiary/aromatic N) is 1. The highest BCUT2D eigenvalue weighted by atomic mass is 15.3. The average Bonchev–Trinajstić information content (AvgIpc) is 2.16. The summed E-state index contributed by atoms with van der Waals surface area (Å²) in [5.74, 6) is 2.30. The number of hydrogen-bond acceptors (Lipinski definition) is 1. The third-order valence-corrected chi connectivity index (χ3v) is 2.13. The molecule has 1 N–H and O–H groups in total. The van der Waals surface area contributed by atoms with Crippen LogP contribution in [0.5, 0.6) is 0 Å². The van der Waals surface area contributed by atoms with Gasteiger partial charge in [0, 0.05) is 6.08 Å². The van der Waals surface area contributed by atoms with Crippen LogP contribution in [0, 0.1) is 5.41 Å². The molecule has 0 radical (unpaired) electrons. The summed E-state index contributed by atoms with van der Waals surface area (Å²) >= 11 is 0. The molecule has 0 rings (SSSR count). The predicted molar refractivity (Wildman–Crippen MR) is 62.6 cm³/mol. The van der Waals surface area contributed by atoms with Gasteiger partial charge in [-0.3, -0.25) is 5.41 Å². The molecule has 0 amide bonds. The van der Waals surface area contributed by atoms with Gasteiger partial charge in [-0.05, 0) is 24.1 Å². The first kappa shape index (κ1) is 12.6. The lowest BCUT2D eigenvalue weighted by Crippen LogP contribution is -2.48. The van der Waals surface area contributed by atoms with Crippen molar-refractivity contribution >= 4 is 5.87 Å². The van der Waals surface area contributed by atoms with Crippen molar-refractivity contribution in [3.63, 3.8) is 0 Å². The number of quaternary nitrogens is 1. The van der Waals surface area contributed by atoms with Crippen LogP contribution in [0.25, 0.3) is 0 Å². The molecule has 0 bridgehead atoms. The van der Waals surface area contributed by atoms with Crippen molar-refractivity contribution in [2.24, 2.45) is 0 Å². The van der Waals surface area contributed by atoms with Gasteiger partial charge in [-0.15, -0.1) is 0 Å². The van der Waals surface area contributed by atoms with Crippen molar-refractivity contribution in [3.8, 4) is 0 Å². The first-order valence-corrected chi connectivity index (χ1v) is 4.66. The minimum Gasteiger partial charge on any atom is -0.310 e. The summed E-state index contributed by atoms with van der Waals surface area (Å²) < 4.78 is 0.794. The summed E-state index contributed by atoms with van der Waals surface area (Å²) in [5, 5.41) is 6.89. The topological polar surface area (TPSA) is 23.9 Å². The summed E-state index contributed by atoms with van der Waals surface area (Å²) in [6.45, 7) is 14.6. The SMILES string of the molecule is C=CC[N+](CC=C)(CC=C)CC=C=N. The van der Waals surface area contributed by atoms with E-state index in [0.29, 0.717) is 0 Å². The van der Waals surface area contributed by atoms with Crippen LogP contribution < -0.4 is 0 Å². The average molecular weight is 191 g/mol. The maximum absolute atomic E-state index is 6.89. The molecule has 0 aliphatic heterocycles. The number of nitrogens with one attached hydrogen (secondary N) is 1. The van der Waals surface area contributed by atoms with Gasteiger partial charge in [0.2, 0.25) is 0 Å². The Bertz CT molecular complexity index is 221. The lowest BCUT2D eigenvalue weighted by atomic mass is 10.3. The van der Waals surface area contributed by atoms with Gasteiger partial charge in [0.25, 0.3) is 0 Å². The fourth-order valence-corrected chi connectivity index (χ4v) is 1.51. The molecule has 0 saturated heterocycles. The number of hydrogen-bond donors (Lipinski definition) is 1. The predicted octanol–water partition coefficient (Wildman–Crippen LogP) is 2.17. The Kier molecular flexibility index (Phi) is 6.38. The second-order valence-corrected chi connectivity index (χ2v) is 3.29. The Labute approximate surface area is 86.7 Å². The van der Waals surface area contributed by atoms with Gasteiger partial charge in [0.1, 0.15) is 6.54 Å². The van der Waals surface area contributed by atoms with Gasteiger partial charge in [-0.2, -0.15) is 0 Å². The van der Waals surface area contributed by atoms with Crippen molar-refractivity contribution in [1.29, 1.82) is 5.41 Å². The quantitative estimate of drug-likeness (QED) is 0.345. The van der Waals surface area contributed by atoms with Gasteiger partial charge in [-0.1, -0.05) is 19.7 Å². The van der Waals surface area contributed by atoms with Gasteiger partial charge >= 0.3 is 0 Å². The van der Waals surface area contributed by atoms with E-state index >= 15 is 0 Å². The fourth-order valence-electron chi connectivity index (χ4n) is 1.51. The summed E-state index contributed by atoms with van der Waals surface area (Å²) in [7, 11) is 0. The highest BCUT2D eigenvalue weighted by Gasteiger charge is 2.20. The van der Waals surface area contributed by atoms with Crippen molar-refractivity contribution in [3.05, 3.63) is 44.0 Å². The van der Waals surface area contributed by atoms with Crippen molar-refractivity contribution in [2.45, 2.75) is 0 Å². The third-order valence-electron chi connectivity index (χ3n) is 2.13. The molecular weight excluding hydrogens is 172 g/mol. The van der Waals surface area contributed by atoms with E-state index in [9.17, 15) is 0 Å². The lowest BCUT2D eigenvalue weighted by Gasteiger charge is -2.34. The molecule has 2 nitrogen and oxygen atoms in total. The van der Waals surface area contributed by atoms with Crippen LogP contribution in [-0.4, -0.2) is 36.5 Å².